The second kappa shape index (κ2) is 6.02. The van der Waals surface area contributed by atoms with Gasteiger partial charge in [-0.15, -0.1) is 0 Å². The molecule has 0 radical (unpaired) electrons. The molecule has 0 amide bonds. The molecule has 0 aliphatic heterocycles. The zero-order valence-electron chi connectivity index (χ0n) is 11.7. The molecule has 1 aliphatic rings. The molecule has 0 aromatic carbocycles. The van der Waals surface area contributed by atoms with Crippen LogP contribution >= 0.6 is 0 Å². The third-order valence-electron chi connectivity index (χ3n) is 3.78. The lowest BCUT2D eigenvalue weighted by molar-refractivity contribution is -0.0132. The summed E-state index contributed by atoms with van der Waals surface area (Å²) < 4.78 is 5.72. The average Bonchev–Trinajstić information content (AvgIpc) is 2.19. The molecule has 0 bridgehead atoms. The molecule has 0 heterocycles. The van der Waals surface area contributed by atoms with E-state index in [0.717, 1.165) is 25.0 Å². The van der Waals surface area contributed by atoms with E-state index in [0.29, 0.717) is 6.04 Å². The zero-order chi connectivity index (χ0) is 12.2. The van der Waals surface area contributed by atoms with Gasteiger partial charge in [-0.05, 0) is 45.4 Å². The second-order valence-corrected chi connectivity index (χ2v) is 6.08. The SMILES string of the molecule is CCOC(C)(C)CNC1CC(C)CCC1C. The minimum Gasteiger partial charge on any atom is -0.375 e. The molecule has 3 unspecified atom stereocenters. The summed E-state index contributed by atoms with van der Waals surface area (Å²) >= 11 is 0. The van der Waals surface area contributed by atoms with Gasteiger partial charge in [-0.1, -0.05) is 20.3 Å². The lowest BCUT2D eigenvalue weighted by Gasteiger charge is -2.36. The fourth-order valence-electron chi connectivity index (χ4n) is 2.64. The first-order chi connectivity index (χ1) is 7.44. The summed E-state index contributed by atoms with van der Waals surface area (Å²) in [5.41, 5.74) is -0.0326. The van der Waals surface area contributed by atoms with Gasteiger partial charge in [0, 0.05) is 19.2 Å². The van der Waals surface area contributed by atoms with Crippen LogP contribution in [0.15, 0.2) is 0 Å². The first-order valence-corrected chi connectivity index (χ1v) is 6.82. The predicted molar refractivity (Wildman–Crippen MR) is 69.7 cm³/mol. The van der Waals surface area contributed by atoms with Gasteiger partial charge in [-0.3, -0.25) is 0 Å². The Kier molecular flexibility index (Phi) is 5.26. The summed E-state index contributed by atoms with van der Waals surface area (Å²) in [4.78, 5) is 0. The van der Waals surface area contributed by atoms with Gasteiger partial charge in [0.2, 0.25) is 0 Å². The normalized spacial score (nSPS) is 31.7. The number of hydrogen-bond donors (Lipinski definition) is 1. The van der Waals surface area contributed by atoms with E-state index >= 15 is 0 Å². The molecular weight excluding hydrogens is 198 g/mol. The van der Waals surface area contributed by atoms with E-state index in [9.17, 15) is 0 Å². The Morgan fingerprint density at radius 2 is 1.94 bits per heavy atom. The third kappa shape index (κ3) is 4.42. The Bertz CT molecular complexity index is 203. The summed E-state index contributed by atoms with van der Waals surface area (Å²) in [7, 11) is 0. The van der Waals surface area contributed by atoms with E-state index in [2.05, 4.69) is 39.9 Å². The molecule has 0 aromatic rings. The van der Waals surface area contributed by atoms with Crippen LogP contribution in [-0.4, -0.2) is 24.8 Å². The number of ether oxygens (including phenoxy) is 1. The molecule has 1 rings (SSSR count). The first kappa shape index (κ1) is 14.0. The molecule has 2 nitrogen and oxygen atoms in total. The van der Waals surface area contributed by atoms with Crippen LogP contribution in [0.2, 0.25) is 0 Å². The summed E-state index contributed by atoms with van der Waals surface area (Å²) in [6.07, 6.45) is 4.09. The van der Waals surface area contributed by atoms with E-state index in [1.165, 1.54) is 19.3 Å². The molecule has 16 heavy (non-hydrogen) atoms. The van der Waals surface area contributed by atoms with E-state index in [1.807, 2.05) is 0 Å². The van der Waals surface area contributed by atoms with Crippen LogP contribution in [0.25, 0.3) is 0 Å². The summed E-state index contributed by atoms with van der Waals surface area (Å²) in [5.74, 6) is 1.69. The van der Waals surface area contributed by atoms with Crippen LogP contribution in [-0.2, 0) is 4.74 Å². The Balaban J connectivity index is 2.35. The van der Waals surface area contributed by atoms with Crippen molar-refractivity contribution in [1.29, 1.82) is 0 Å². The highest BCUT2D eigenvalue weighted by atomic mass is 16.5. The quantitative estimate of drug-likeness (QED) is 0.778. The van der Waals surface area contributed by atoms with Crippen LogP contribution in [0.4, 0.5) is 0 Å². The van der Waals surface area contributed by atoms with Crippen LogP contribution in [0.3, 0.4) is 0 Å². The summed E-state index contributed by atoms with van der Waals surface area (Å²) in [5, 5.41) is 3.70. The first-order valence-electron chi connectivity index (χ1n) is 6.82. The molecule has 0 spiro atoms. The van der Waals surface area contributed by atoms with Gasteiger partial charge in [0.1, 0.15) is 0 Å². The monoisotopic (exact) mass is 227 g/mol. The predicted octanol–water partition coefficient (Wildman–Crippen LogP) is 3.22. The van der Waals surface area contributed by atoms with Crippen LogP contribution in [0, 0.1) is 11.8 Å². The van der Waals surface area contributed by atoms with Crippen molar-refractivity contribution in [2.75, 3.05) is 13.2 Å². The van der Waals surface area contributed by atoms with Gasteiger partial charge in [0.05, 0.1) is 5.60 Å². The van der Waals surface area contributed by atoms with Crippen molar-refractivity contribution in [3.8, 4) is 0 Å². The molecule has 1 saturated carbocycles. The smallest absolute Gasteiger partial charge is 0.0750 e. The molecule has 3 atom stereocenters. The molecule has 1 fully saturated rings. The van der Waals surface area contributed by atoms with Gasteiger partial charge in [-0.25, -0.2) is 0 Å². The Morgan fingerprint density at radius 1 is 1.25 bits per heavy atom. The van der Waals surface area contributed by atoms with Gasteiger partial charge in [0.25, 0.3) is 0 Å². The maximum atomic E-state index is 5.72. The number of hydrogen-bond acceptors (Lipinski definition) is 2. The Morgan fingerprint density at radius 3 is 2.56 bits per heavy atom. The van der Waals surface area contributed by atoms with E-state index in [1.54, 1.807) is 0 Å². The van der Waals surface area contributed by atoms with Gasteiger partial charge >= 0.3 is 0 Å². The molecule has 0 aromatic heterocycles. The lowest BCUT2D eigenvalue weighted by Crippen LogP contribution is -2.46. The minimum absolute atomic E-state index is 0.0326. The summed E-state index contributed by atoms with van der Waals surface area (Å²) in [6.45, 7) is 12.9. The largest absolute Gasteiger partial charge is 0.375 e. The maximum absolute atomic E-state index is 5.72. The fraction of sp³-hybridized carbons (Fsp3) is 1.00. The summed E-state index contributed by atoms with van der Waals surface area (Å²) in [6, 6.07) is 0.684. The minimum atomic E-state index is -0.0326. The number of nitrogens with one attached hydrogen (secondary N) is 1. The highest BCUT2D eigenvalue weighted by Crippen LogP contribution is 2.28. The van der Waals surface area contributed by atoms with Gasteiger partial charge in [-0.2, -0.15) is 0 Å². The van der Waals surface area contributed by atoms with Crippen molar-refractivity contribution in [1.82, 2.24) is 5.32 Å². The van der Waals surface area contributed by atoms with Crippen LogP contribution in [0.5, 0.6) is 0 Å². The van der Waals surface area contributed by atoms with Crippen molar-refractivity contribution in [3.63, 3.8) is 0 Å². The average molecular weight is 227 g/mol. The molecule has 96 valence electrons. The van der Waals surface area contributed by atoms with E-state index < -0.39 is 0 Å². The van der Waals surface area contributed by atoms with Crippen molar-refractivity contribution >= 4 is 0 Å². The van der Waals surface area contributed by atoms with E-state index in [4.69, 9.17) is 4.74 Å². The highest BCUT2D eigenvalue weighted by molar-refractivity contribution is 4.84. The Labute approximate surface area is 101 Å². The molecule has 1 N–H and O–H groups in total. The topological polar surface area (TPSA) is 21.3 Å². The fourth-order valence-corrected chi connectivity index (χ4v) is 2.64. The lowest BCUT2D eigenvalue weighted by atomic mass is 9.80. The molecular formula is C14H29NO. The zero-order valence-corrected chi connectivity index (χ0v) is 11.7. The Hall–Kier alpha value is -0.0800. The van der Waals surface area contributed by atoms with Gasteiger partial charge < -0.3 is 10.1 Å². The van der Waals surface area contributed by atoms with Crippen LogP contribution < -0.4 is 5.32 Å². The van der Waals surface area contributed by atoms with Crippen molar-refractivity contribution in [3.05, 3.63) is 0 Å². The van der Waals surface area contributed by atoms with Crippen molar-refractivity contribution < 1.29 is 4.74 Å². The third-order valence-corrected chi connectivity index (χ3v) is 3.78. The maximum Gasteiger partial charge on any atom is 0.0750 e. The van der Waals surface area contributed by atoms with Gasteiger partial charge in [0.15, 0.2) is 0 Å². The van der Waals surface area contributed by atoms with Crippen molar-refractivity contribution in [2.24, 2.45) is 11.8 Å². The molecule has 0 saturated heterocycles. The highest BCUT2D eigenvalue weighted by Gasteiger charge is 2.27. The van der Waals surface area contributed by atoms with Crippen LogP contribution in [0.1, 0.15) is 53.9 Å². The molecule has 1 aliphatic carbocycles. The standard InChI is InChI=1S/C14H29NO/c1-6-16-14(4,5)10-15-13-9-11(2)7-8-12(13)3/h11-13,15H,6-10H2,1-5H3. The van der Waals surface area contributed by atoms with E-state index in [-0.39, 0.29) is 5.60 Å². The van der Waals surface area contributed by atoms with Crippen molar-refractivity contribution in [2.45, 2.75) is 65.5 Å². The molecule has 2 heteroatoms. The number of rotatable bonds is 5. The second-order valence-electron chi connectivity index (χ2n) is 6.08.